The molecule has 0 aliphatic rings. The molecule has 4 rings (SSSR count). The summed E-state index contributed by atoms with van der Waals surface area (Å²) in [5.41, 5.74) is 3.62. The molecular weight excluding hydrogens is 383 g/mol. The van der Waals surface area contributed by atoms with E-state index in [0.717, 1.165) is 16.5 Å². The molecule has 0 saturated heterocycles. The van der Waals surface area contributed by atoms with Crippen molar-refractivity contribution in [2.45, 2.75) is 26.6 Å². The first kappa shape index (κ1) is 19.5. The number of benzene rings is 1. The zero-order chi connectivity index (χ0) is 20.9. The number of anilines is 1. The standard InChI is InChI=1S/C22H21FN6O/c1-2-29-21-18(14-28-29)20(25-11-15-3-5-17(23)6-4-15)19(13-26-21)22(30)27-12-16-7-9-24-10-8-16/h3-10,13-14H,2,11-12H2,1H3,(H,25,26)(H,27,30). The molecular formula is C22H21FN6O. The highest BCUT2D eigenvalue weighted by Gasteiger charge is 2.18. The van der Waals surface area contributed by atoms with Gasteiger partial charge in [0.1, 0.15) is 5.82 Å². The molecule has 1 aromatic carbocycles. The molecule has 0 spiro atoms. The van der Waals surface area contributed by atoms with Gasteiger partial charge in [-0.05, 0) is 42.3 Å². The van der Waals surface area contributed by atoms with Crippen LogP contribution in [0.1, 0.15) is 28.4 Å². The SMILES string of the molecule is CCn1ncc2c(NCc3ccc(F)cc3)c(C(=O)NCc3ccncc3)cnc21. The van der Waals surface area contributed by atoms with E-state index < -0.39 is 0 Å². The smallest absolute Gasteiger partial charge is 0.255 e. The highest BCUT2D eigenvalue weighted by atomic mass is 19.1. The predicted octanol–water partition coefficient (Wildman–Crippen LogP) is 3.53. The summed E-state index contributed by atoms with van der Waals surface area (Å²) >= 11 is 0. The Kier molecular flexibility index (Phi) is 5.65. The summed E-state index contributed by atoms with van der Waals surface area (Å²) in [6, 6.07) is 9.94. The normalized spacial score (nSPS) is 10.9. The molecule has 0 radical (unpaired) electrons. The Labute approximate surface area is 173 Å². The van der Waals surface area contributed by atoms with E-state index in [4.69, 9.17) is 0 Å². The number of nitrogens with zero attached hydrogens (tertiary/aromatic N) is 4. The van der Waals surface area contributed by atoms with E-state index >= 15 is 0 Å². The van der Waals surface area contributed by atoms with Crippen LogP contribution in [0.4, 0.5) is 10.1 Å². The number of hydrogen-bond acceptors (Lipinski definition) is 5. The molecule has 0 atom stereocenters. The van der Waals surface area contributed by atoms with Gasteiger partial charge < -0.3 is 10.6 Å². The van der Waals surface area contributed by atoms with Crippen molar-refractivity contribution >= 4 is 22.6 Å². The summed E-state index contributed by atoms with van der Waals surface area (Å²) in [5, 5.41) is 11.4. The van der Waals surface area contributed by atoms with Gasteiger partial charge >= 0.3 is 0 Å². The summed E-state index contributed by atoms with van der Waals surface area (Å²) in [6.45, 7) is 3.46. The van der Waals surface area contributed by atoms with E-state index in [1.54, 1.807) is 41.6 Å². The Morgan fingerprint density at radius 1 is 1.03 bits per heavy atom. The second kappa shape index (κ2) is 8.69. The number of aromatic nitrogens is 4. The zero-order valence-electron chi connectivity index (χ0n) is 16.5. The van der Waals surface area contributed by atoms with Crippen LogP contribution in [0, 0.1) is 5.82 Å². The molecule has 0 unspecified atom stereocenters. The number of rotatable bonds is 7. The van der Waals surface area contributed by atoms with Crippen LogP contribution >= 0.6 is 0 Å². The van der Waals surface area contributed by atoms with Crippen LogP contribution in [0.5, 0.6) is 0 Å². The fourth-order valence-electron chi connectivity index (χ4n) is 3.19. The van der Waals surface area contributed by atoms with Crippen LogP contribution in [-0.2, 0) is 19.6 Å². The van der Waals surface area contributed by atoms with Crippen LogP contribution < -0.4 is 10.6 Å². The van der Waals surface area contributed by atoms with E-state index in [1.807, 2.05) is 19.1 Å². The molecule has 2 N–H and O–H groups in total. The third kappa shape index (κ3) is 4.12. The Morgan fingerprint density at radius 2 is 1.77 bits per heavy atom. The van der Waals surface area contributed by atoms with Gasteiger partial charge in [0.2, 0.25) is 0 Å². The predicted molar refractivity (Wildman–Crippen MR) is 112 cm³/mol. The molecule has 8 heteroatoms. The molecule has 1 amide bonds. The van der Waals surface area contributed by atoms with E-state index in [1.165, 1.54) is 12.1 Å². The average molecular weight is 404 g/mol. The molecule has 3 aromatic heterocycles. The van der Waals surface area contributed by atoms with Crippen LogP contribution in [0.2, 0.25) is 0 Å². The van der Waals surface area contributed by atoms with E-state index in [-0.39, 0.29) is 11.7 Å². The second-order valence-electron chi connectivity index (χ2n) is 6.76. The monoisotopic (exact) mass is 404 g/mol. The average Bonchev–Trinajstić information content (AvgIpc) is 3.21. The number of carbonyl (C=O) groups excluding carboxylic acids is 1. The lowest BCUT2D eigenvalue weighted by molar-refractivity contribution is 0.0951. The largest absolute Gasteiger partial charge is 0.380 e. The third-order valence-electron chi connectivity index (χ3n) is 4.80. The van der Waals surface area contributed by atoms with Gasteiger partial charge in [-0.3, -0.25) is 9.78 Å². The molecule has 0 saturated carbocycles. The van der Waals surface area contributed by atoms with Crippen molar-refractivity contribution in [3.8, 4) is 0 Å². The van der Waals surface area contributed by atoms with Crippen LogP contribution in [0.25, 0.3) is 11.0 Å². The molecule has 0 fully saturated rings. The first-order chi connectivity index (χ1) is 14.7. The quantitative estimate of drug-likeness (QED) is 0.492. The topological polar surface area (TPSA) is 84.7 Å². The van der Waals surface area contributed by atoms with Gasteiger partial charge in [0.15, 0.2) is 5.65 Å². The summed E-state index contributed by atoms with van der Waals surface area (Å²) in [4.78, 5) is 21.4. The lowest BCUT2D eigenvalue weighted by Gasteiger charge is -2.14. The van der Waals surface area contributed by atoms with Crippen molar-refractivity contribution in [1.82, 2.24) is 25.1 Å². The van der Waals surface area contributed by atoms with Crippen LogP contribution in [0.15, 0.2) is 61.2 Å². The minimum atomic E-state index is -0.287. The van der Waals surface area contributed by atoms with Gasteiger partial charge in [0, 0.05) is 38.2 Å². The fraction of sp³-hybridized carbons (Fsp3) is 0.182. The lowest BCUT2D eigenvalue weighted by atomic mass is 10.1. The Hall–Kier alpha value is -3.81. The molecule has 0 bridgehead atoms. The fourth-order valence-corrected chi connectivity index (χ4v) is 3.19. The number of aryl methyl sites for hydroxylation is 1. The molecule has 30 heavy (non-hydrogen) atoms. The van der Waals surface area contributed by atoms with E-state index in [0.29, 0.717) is 36.5 Å². The minimum absolute atomic E-state index is 0.243. The maximum atomic E-state index is 13.2. The van der Waals surface area contributed by atoms with Gasteiger partial charge in [0.05, 0.1) is 22.8 Å². The number of fused-ring (bicyclic) bond motifs is 1. The highest BCUT2D eigenvalue weighted by molar-refractivity contribution is 6.06. The van der Waals surface area contributed by atoms with Crippen molar-refractivity contribution in [1.29, 1.82) is 0 Å². The van der Waals surface area contributed by atoms with Gasteiger partial charge in [-0.25, -0.2) is 14.1 Å². The molecule has 4 aromatic rings. The zero-order valence-corrected chi connectivity index (χ0v) is 16.5. The number of hydrogen-bond donors (Lipinski definition) is 2. The van der Waals surface area contributed by atoms with Crippen LogP contribution in [-0.4, -0.2) is 25.7 Å². The lowest BCUT2D eigenvalue weighted by Crippen LogP contribution is -2.24. The van der Waals surface area contributed by atoms with Crippen molar-refractivity contribution in [3.63, 3.8) is 0 Å². The Balaban J connectivity index is 1.63. The van der Waals surface area contributed by atoms with E-state index in [2.05, 4.69) is 25.7 Å². The molecule has 0 aliphatic carbocycles. The first-order valence-electron chi connectivity index (χ1n) is 9.65. The maximum Gasteiger partial charge on any atom is 0.255 e. The highest BCUT2D eigenvalue weighted by Crippen LogP contribution is 2.27. The maximum absolute atomic E-state index is 13.2. The number of amides is 1. The van der Waals surface area contributed by atoms with Gasteiger partial charge in [-0.15, -0.1) is 0 Å². The summed E-state index contributed by atoms with van der Waals surface area (Å²) in [7, 11) is 0. The van der Waals surface area contributed by atoms with Gasteiger partial charge in [-0.1, -0.05) is 12.1 Å². The van der Waals surface area contributed by atoms with E-state index in [9.17, 15) is 9.18 Å². The minimum Gasteiger partial charge on any atom is -0.380 e. The van der Waals surface area contributed by atoms with Gasteiger partial charge in [0.25, 0.3) is 5.91 Å². The number of pyridine rings is 2. The van der Waals surface area contributed by atoms with Crippen LogP contribution in [0.3, 0.4) is 0 Å². The second-order valence-corrected chi connectivity index (χ2v) is 6.76. The number of carbonyl (C=O) groups is 1. The summed E-state index contributed by atoms with van der Waals surface area (Å²) in [6.07, 6.45) is 6.64. The van der Waals surface area contributed by atoms with Crippen molar-refractivity contribution in [3.05, 3.63) is 83.7 Å². The molecule has 0 aliphatic heterocycles. The molecule has 7 nitrogen and oxygen atoms in total. The van der Waals surface area contributed by atoms with Crippen molar-refractivity contribution in [2.75, 3.05) is 5.32 Å². The number of halogens is 1. The summed E-state index contributed by atoms with van der Waals surface area (Å²) < 4.78 is 15.0. The molecule has 152 valence electrons. The van der Waals surface area contributed by atoms with Crippen molar-refractivity contribution in [2.24, 2.45) is 0 Å². The summed E-state index contributed by atoms with van der Waals surface area (Å²) in [5.74, 6) is -0.530. The Bertz CT molecular complexity index is 1160. The Morgan fingerprint density at radius 3 is 2.50 bits per heavy atom. The molecule has 3 heterocycles. The van der Waals surface area contributed by atoms with Crippen molar-refractivity contribution < 1.29 is 9.18 Å². The third-order valence-corrected chi connectivity index (χ3v) is 4.80. The first-order valence-corrected chi connectivity index (χ1v) is 9.65. The van der Waals surface area contributed by atoms with Gasteiger partial charge in [-0.2, -0.15) is 5.10 Å². The number of nitrogens with one attached hydrogen (secondary N) is 2.